The lowest BCUT2D eigenvalue weighted by Gasteiger charge is -2.15. The quantitative estimate of drug-likeness (QED) is 0.832. The van der Waals surface area contributed by atoms with E-state index in [1.807, 2.05) is 0 Å². The Morgan fingerprint density at radius 3 is 2.73 bits per heavy atom. The Bertz CT molecular complexity index is 766. The van der Waals surface area contributed by atoms with Crippen molar-refractivity contribution in [3.05, 3.63) is 34.7 Å². The van der Waals surface area contributed by atoms with Crippen molar-refractivity contribution in [3.63, 3.8) is 0 Å². The number of sulfonamides is 1. The Balaban J connectivity index is 1.68. The van der Waals surface area contributed by atoms with Crippen LogP contribution in [-0.2, 0) is 10.0 Å². The first-order chi connectivity index (χ1) is 10.4. The maximum absolute atomic E-state index is 12.7. The van der Waals surface area contributed by atoms with E-state index in [0.717, 1.165) is 23.7 Å². The SMILES string of the molecule is O=S(=O)(c1ccc(Cl)s1)N1CCC(Oc2ncc(F)cn2)C1. The van der Waals surface area contributed by atoms with Gasteiger partial charge in [-0.1, -0.05) is 11.6 Å². The van der Waals surface area contributed by atoms with E-state index in [4.69, 9.17) is 16.3 Å². The van der Waals surface area contributed by atoms with Crippen LogP contribution in [0.5, 0.6) is 6.01 Å². The molecule has 1 aliphatic rings. The molecule has 22 heavy (non-hydrogen) atoms. The number of aromatic nitrogens is 2. The molecule has 0 amide bonds. The summed E-state index contributed by atoms with van der Waals surface area (Å²) in [7, 11) is -3.56. The Morgan fingerprint density at radius 2 is 2.09 bits per heavy atom. The van der Waals surface area contributed by atoms with Gasteiger partial charge >= 0.3 is 6.01 Å². The van der Waals surface area contributed by atoms with Crippen molar-refractivity contribution in [2.75, 3.05) is 13.1 Å². The molecule has 6 nitrogen and oxygen atoms in total. The average molecular weight is 364 g/mol. The van der Waals surface area contributed by atoms with Crippen LogP contribution < -0.4 is 4.74 Å². The predicted molar refractivity (Wildman–Crippen MR) is 79.1 cm³/mol. The average Bonchev–Trinajstić information content (AvgIpc) is 3.11. The monoisotopic (exact) mass is 363 g/mol. The summed E-state index contributed by atoms with van der Waals surface area (Å²) in [5.41, 5.74) is 0. The molecule has 10 heteroatoms. The second kappa shape index (κ2) is 6.07. The highest BCUT2D eigenvalue weighted by molar-refractivity contribution is 7.91. The summed E-state index contributed by atoms with van der Waals surface area (Å²) in [5, 5.41) is 0. The summed E-state index contributed by atoms with van der Waals surface area (Å²) in [5.74, 6) is -0.558. The predicted octanol–water partition coefficient (Wildman–Crippen LogP) is 2.17. The zero-order chi connectivity index (χ0) is 15.7. The highest BCUT2D eigenvalue weighted by Gasteiger charge is 2.34. The zero-order valence-electron chi connectivity index (χ0n) is 11.1. The van der Waals surface area contributed by atoms with Gasteiger partial charge in [0.2, 0.25) is 0 Å². The zero-order valence-corrected chi connectivity index (χ0v) is 13.5. The molecule has 2 aromatic rings. The number of halogens is 2. The molecule has 0 saturated carbocycles. The van der Waals surface area contributed by atoms with Gasteiger partial charge < -0.3 is 4.74 Å². The summed E-state index contributed by atoms with van der Waals surface area (Å²) < 4.78 is 45.0. The Morgan fingerprint density at radius 1 is 1.36 bits per heavy atom. The van der Waals surface area contributed by atoms with E-state index < -0.39 is 15.8 Å². The fraction of sp³-hybridized carbons (Fsp3) is 0.333. The third-order valence-electron chi connectivity index (χ3n) is 3.12. The summed E-state index contributed by atoms with van der Waals surface area (Å²) >= 11 is 6.80. The minimum Gasteiger partial charge on any atom is -0.459 e. The smallest absolute Gasteiger partial charge is 0.316 e. The van der Waals surface area contributed by atoms with Gasteiger partial charge in [0.15, 0.2) is 5.82 Å². The molecular weight excluding hydrogens is 353 g/mol. The van der Waals surface area contributed by atoms with Crippen molar-refractivity contribution < 1.29 is 17.5 Å². The Hall–Kier alpha value is -1.29. The second-order valence-electron chi connectivity index (χ2n) is 4.63. The second-order valence-corrected chi connectivity index (χ2v) is 8.51. The van der Waals surface area contributed by atoms with Crippen LogP contribution in [-0.4, -0.2) is 41.9 Å². The van der Waals surface area contributed by atoms with Crippen molar-refractivity contribution in [3.8, 4) is 6.01 Å². The molecule has 3 heterocycles. The summed E-state index contributed by atoms with van der Waals surface area (Å²) in [6.07, 6.45) is 2.15. The van der Waals surface area contributed by atoms with Gasteiger partial charge in [0, 0.05) is 6.54 Å². The molecule has 1 saturated heterocycles. The van der Waals surface area contributed by atoms with E-state index in [-0.39, 0.29) is 22.9 Å². The Kier molecular flexibility index (Phi) is 4.31. The van der Waals surface area contributed by atoms with Gasteiger partial charge in [-0.25, -0.2) is 22.8 Å². The van der Waals surface area contributed by atoms with Gasteiger partial charge in [-0.05, 0) is 18.6 Å². The van der Waals surface area contributed by atoms with Crippen LogP contribution >= 0.6 is 22.9 Å². The van der Waals surface area contributed by atoms with Gasteiger partial charge in [0.05, 0.1) is 23.3 Å². The molecule has 2 aromatic heterocycles. The topological polar surface area (TPSA) is 72.4 Å². The van der Waals surface area contributed by atoms with Gasteiger partial charge in [0.25, 0.3) is 10.0 Å². The number of hydrogen-bond acceptors (Lipinski definition) is 6. The van der Waals surface area contributed by atoms with E-state index in [0.29, 0.717) is 17.3 Å². The number of nitrogens with zero attached hydrogens (tertiary/aromatic N) is 3. The minimum absolute atomic E-state index is 0.0322. The molecule has 0 bridgehead atoms. The molecular formula is C12H11ClFN3O3S2. The molecule has 0 radical (unpaired) electrons. The van der Waals surface area contributed by atoms with Gasteiger partial charge in [-0.2, -0.15) is 4.31 Å². The van der Waals surface area contributed by atoms with Crippen molar-refractivity contribution in [2.24, 2.45) is 0 Å². The van der Waals surface area contributed by atoms with Crippen LogP contribution in [0.2, 0.25) is 4.34 Å². The van der Waals surface area contributed by atoms with Crippen LogP contribution in [0.15, 0.2) is 28.7 Å². The van der Waals surface area contributed by atoms with Crippen LogP contribution in [0.1, 0.15) is 6.42 Å². The lowest BCUT2D eigenvalue weighted by atomic mass is 10.3. The van der Waals surface area contributed by atoms with E-state index in [1.54, 1.807) is 6.07 Å². The first-order valence-corrected chi connectivity index (χ1v) is 8.98. The molecule has 0 aliphatic carbocycles. The number of rotatable bonds is 4. The fourth-order valence-electron chi connectivity index (χ4n) is 2.09. The first kappa shape index (κ1) is 15.6. The number of thiophene rings is 1. The van der Waals surface area contributed by atoms with E-state index in [9.17, 15) is 12.8 Å². The van der Waals surface area contributed by atoms with Crippen LogP contribution in [0.25, 0.3) is 0 Å². The van der Waals surface area contributed by atoms with Gasteiger partial charge in [-0.15, -0.1) is 11.3 Å². The maximum atomic E-state index is 12.7. The maximum Gasteiger partial charge on any atom is 0.316 e. The van der Waals surface area contributed by atoms with Crippen LogP contribution in [0, 0.1) is 5.82 Å². The van der Waals surface area contributed by atoms with Crippen molar-refractivity contribution in [2.45, 2.75) is 16.7 Å². The van der Waals surface area contributed by atoms with Crippen molar-refractivity contribution in [1.82, 2.24) is 14.3 Å². The third kappa shape index (κ3) is 3.22. The van der Waals surface area contributed by atoms with Gasteiger partial charge in [0.1, 0.15) is 10.3 Å². The fourth-order valence-corrected chi connectivity index (χ4v) is 5.21. The van der Waals surface area contributed by atoms with Crippen LogP contribution in [0.4, 0.5) is 4.39 Å². The third-order valence-corrected chi connectivity index (χ3v) is 6.68. The van der Waals surface area contributed by atoms with Gasteiger partial charge in [-0.3, -0.25) is 0 Å². The molecule has 0 spiro atoms. The lowest BCUT2D eigenvalue weighted by Crippen LogP contribution is -2.30. The number of ether oxygens (including phenoxy) is 1. The lowest BCUT2D eigenvalue weighted by molar-refractivity contribution is 0.197. The van der Waals surface area contributed by atoms with E-state index in [1.165, 1.54) is 10.4 Å². The molecule has 1 unspecified atom stereocenters. The summed E-state index contributed by atoms with van der Waals surface area (Å²) in [6, 6.07) is 3.07. The highest BCUT2D eigenvalue weighted by atomic mass is 35.5. The molecule has 1 fully saturated rings. The molecule has 0 aromatic carbocycles. The molecule has 118 valence electrons. The van der Waals surface area contributed by atoms with Crippen molar-refractivity contribution >= 4 is 33.0 Å². The standard InChI is InChI=1S/C12H11ClFN3O3S2/c13-10-1-2-11(21-10)22(18,19)17-4-3-9(7-17)20-12-15-5-8(14)6-16-12/h1-2,5-6,9H,3-4,7H2. The summed E-state index contributed by atoms with van der Waals surface area (Å²) in [6.45, 7) is 0.530. The summed E-state index contributed by atoms with van der Waals surface area (Å²) in [4.78, 5) is 7.40. The highest BCUT2D eigenvalue weighted by Crippen LogP contribution is 2.30. The van der Waals surface area contributed by atoms with Crippen LogP contribution in [0.3, 0.4) is 0 Å². The Labute approximate surface area is 135 Å². The molecule has 3 rings (SSSR count). The normalized spacial score (nSPS) is 19.5. The van der Waals surface area contributed by atoms with E-state index >= 15 is 0 Å². The molecule has 0 N–H and O–H groups in total. The first-order valence-electron chi connectivity index (χ1n) is 6.35. The van der Waals surface area contributed by atoms with Crippen molar-refractivity contribution in [1.29, 1.82) is 0 Å². The minimum atomic E-state index is -3.56. The number of hydrogen-bond donors (Lipinski definition) is 0. The largest absolute Gasteiger partial charge is 0.459 e. The molecule has 1 atom stereocenters. The van der Waals surface area contributed by atoms with E-state index in [2.05, 4.69) is 9.97 Å². The molecule has 1 aliphatic heterocycles.